The van der Waals surface area contributed by atoms with Crippen molar-refractivity contribution in [1.82, 2.24) is 19.5 Å². The van der Waals surface area contributed by atoms with E-state index < -0.39 is 15.6 Å². The van der Waals surface area contributed by atoms with Crippen LogP contribution in [0.25, 0.3) is 11.2 Å². The fourth-order valence-corrected chi connectivity index (χ4v) is 3.70. The minimum atomic E-state index is -10.7. The molecule has 0 aliphatic heterocycles. The molecule has 48 heavy (non-hydrogen) atoms. The monoisotopic (exact) mass is 845 g/mol. The van der Waals surface area contributed by atoms with E-state index in [4.69, 9.17) is 22.3 Å². The Kier molecular flexibility index (Phi) is 16.2. The molecule has 8 N–H and O–H groups in total. The van der Waals surface area contributed by atoms with Gasteiger partial charge in [0.2, 0.25) is 5.95 Å². The number of nitrogens with two attached hydrogens (primary N) is 3. The first-order valence-electron chi connectivity index (χ1n) is 13.1. The molecule has 0 fully saturated rings. The molecule has 2 aliphatic rings. The number of aromatic amines is 1. The predicted octanol–water partition coefficient (Wildman–Crippen LogP) is 8.43. The fraction of sp³-hybridized carbons (Fsp3) is 0.375. The van der Waals surface area contributed by atoms with E-state index >= 15 is 0 Å². The summed E-state index contributed by atoms with van der Waals surface area (Å²) in [4.78, 5) is 21.6. The van der Waals surface area contributed by atoms with Crippen molar-refractivity contribution in [1.29, 1.82) is 0 Å². The van der Waals surface area contributed by atoms with Crippen LogP contribution < -0.4 is 22.8 Å². The van der Waals surface area contributed by atoms with Gasteiger partial charge in [-0.05, 0) is 43.7 Å². The summed E-state index contributed by atoms with van der Waals surface area (Å²) in [6.07, 6.45) is 10.9. The van der Waals surface area contributed by atoms with E-state index in [9.17, 15) is 55.2 Å². The number of nitrogens with zero attached hydrogens (tertiary/aromatic N) is 3. The Hall–Kier alpha value is -2.63. The molecule has 9 nitrogen and oxygen atoms in total. The number of fused-ring (bicyclic) bond motifs is 2. The minimum Gasteiger partial charge on any atom is -0.329 e. The van der Waals surface area contributed by atoms with Gasteiger partial charge in [-0.1, -0.05) is 47.6 Å². The van der Waals surface area contributed by atoms with Gasteiger partial charge in [0.05, 0.1) is 6.33 Å². The van der Waals surface area contributed by atoms with E-state index in [2.05, 4.69) is 51.4 Å². The Morgan fingerprint density at radius 2 is 1.19 bits per heavy atom. The smallest absolute Gasteiger partial charge is 0.329 e. The third-order valence-electron chi connectivity index (χ3n) is 5.32. The largest absolute Gasteiger partial charge is 4.00 e. The fourth-order valence-electron chi connectivity index (χ4n) is 3.70. The van der Waals surface area contributed by atoms with Crippen molar-refractivity contribution >= 4 is 32.7 Å². The van der Waals surface area contributed by atoms with Crippen molar-refractivity contribution in [2.24, 2.45) is 11.5 Å². The molecule has 278 valence electrons. The summed E-state index contributed by atoms with van der Waals surface area (Å²) in [7, 11) is -20.3. The number of rotatable bonds is 2. The minimum absolute atomic E-state index is 0. The van der Waals surface area contributed by atoms with E-state index in [1.54, 1.807) is 33.2 Å². The Morgan fingerprint density at radius 3 is 1.52 bits per heavy atom. The molecule has 0 atom stereocenters. The average Bonchev–Trinajstić information content (AvgIpc) is 3.33. The van der Waals surface area contributed by atoms with Crippen molar-refractivity contribution in [3.05, 3.63) is 75.4 Å². The van der Waals surface area contributed by atoms with Crippen LogP contribution in [-0.2, 0) is 38.9 Å². The van der Waals surface area contributed by atoms with Gasteiger partial charge in [0.25, 0.3) is 5.56 Å². The summed E-state index contributed by atoms with van der Waals surface area (Å²) < 4.78 is 120. The third-order valence-corrected chi connectivity index (χ3v) is 5.32. The standard InChI is InChI=1S/C14H14.C7H9N5O.C2H8N2.CH4O.2F6P.Ru/c1-2-6-12-10-14-8-4-3-7-13(14)9-11(12)5-1;1-2-12-3-9-4-5(12)10-7(8)11-6(4)13;3-1-2-4;1-2;2*1-7(2,3,4,5)6;/h1-6H,7-10H2;3H,2H2,1H3,(H3,8,10,11,13);1-4H2;2H,1H3;;;/q;;;;2*-1;+4. The van der Waals surface area contributed by atoms with Crippen LogP contribution in [0.15, 0.2) is 58.7 Å². The topological polar surface area (TPSA) is 162 Å². The Balaban J connectivity index is 0. The van der Waals surface area contributed by atoms with Crippen LogP contribution in [0.4, 0.5) is 56.3 Å². The number of anilines is 1. The Labute approximate surface area is 278 Å². The second-order valence-electron chi connectivity index (χ2n) is 9.36. The number of H-pyrrole nitrogens is 1. The second-order valence-corrected chi connectivity index (χ2v) is 13.2. The van der Waals surface area contributed by atoms with Gasteiger partial charge in [-0.25, -0.2) is 4.98 Å². The van der Waals surface area contributed by atoms with Crippen molar-refractivity contribution in [2.45, 2.75) is 39.2 Å². The number of hydrogen-bond acceptors (Lipinski definition) is 7. The first-order valence-corrected chi connectivity index (χ1v) is 17.1. The zero-order chi connectivity index (χ0) is 37.0. The Bertz CT molecular complexity index is 1500. The number of imidazole rings is 1. The molecule has 0 saturated carbocycles. The van der Waals surface area contributed by atoms with Crippen molar-refractivity contribution in [3.8, 4) is 0 Å². The number of benzene rings is 1. The van der Waals surface area contributed by atoms with E-state index in [0.29, 0.717) is 30.8 Å². The normalized spacial score (nSPS) is 16.0. The molecule has 0 unspecified atom stereocenters. The van der Waals surface area contributed by atoms with Crippen molar-refractivity contribution < 1.29 is 74.9 Å². The van der Waals surface area contributed by atoms with Crippen LogP contribution in [0.3, 0.4) is 0 Å². The summed E-state index contributed by atoms with van der Waals surface area (Å²) in [6.45, 7) is 3.85. The number of aliphatic hydroxyl groups is 1. The third kappa shape index (κ3) is 25.4. The summed E-state index contributed by atoms with van der Waals surface area (Å²) in [5.74, 6) is 0.118. The molecule has 0 saturated heterocycles. The molecular formula is C24H35F12N7O2P2Ru+2. The molecule has 0 spiro atoms. The number of aromatic nitrogens is 4. The number of nitrogens with one attached hydrogen (secondary N) is 1. The average molecular weight is 845 g/mol. The van der Waals surface area contributed by atoms with E-state index in [-0.39, 0.29) is 31.0 Å². The molecule has 0 bridgehead atoms. The van der Waals surface area contributed by atoms with Gasteiger partial charge < -0.3 is 26.9 Å². The zero-order valence-electron chi connectivity index (χ0n) is 25.2. The van der Waals surface area contributed by atoms with E-state index in [1.165, 1.54) is 25.7 Å². The summed E-state index contributed by atoms with van der Waals surface area (Å²) in [5.41, 5.74) is 22.2. The summed E-state index contributed by atoms with van der Waals surface area (Å²) >= 11 is 0. The van der Waals surface area contributed by atoms with E-state index in [1.807, 2.05) is 6.92 Å². The van der Waals surface area contributed by atoms with Gasteiger partial charge in [0.15, 0.2) is 11.2 Å². The van der Waals surface area contributed by atoms with Crippen LogP contribution >= 0.6 is 15.6 Å². The molecule has 0 radical (unpaired) electrons. The first-order chi connectivity index (χ1) is 21.0. The van der Waals surface area contributed by atoms with Gasteiger partial charge in [-0.3, -0.25) is 9.78 Å². The van der Waals surface area contributed by atoms with Crippen LogP contribution in [0.1, 0.15) is 30.9 Å². The summed E-state index contributed by atoms with van der Waals surface area (Å²) in [5, 5.41) is 7.00. The summed E-state index contributed by atoms with van der Waals surface area (Å²) in [6, 6.07) is 8.86. The number of hydrogen-bond donors (Lipinski definition) is 5. The van der Waals surface area contributed by atoms with Crippen molar-refractivity contribution in [2.75, 3.05) is 25.9 Å². The molecule has 0 amide bonds. The van der Waals surface area contributed by atoms with E-state index in [0.717, 1.165) is 7.11 Å². The molecule has 2 heterocycles. The van der Waals surface area contributed by atoms with Crippen molar-refractivity contribution in [3.63, 3.8) is 0 Å². The van der Waals surface area contributed by atoms with Gasteiger partial charge in [0, 0.05) is 26.7 Å². The molecule has 3 aromatic rings. The van der Waals surface area contributed by atoms with Gasteiger partial charge in [-0.2, -0.15) is 4.98 Å². The molecular weight excluding hydrogens is 809 g/mol. The SMILES string of the molecule is C1=CCC2=C(C1)Cc1ccccc1C2.CCn1cnc2c(=O)[nH]c(N)nc21.CO.F[P-](F)(F)(F)(F)F.F[P-](F)(F)(F)(F)F.NCCN.[Ru+4]. The molecule has 24 heteroatoms. The van der Waals surface area contributed by atoms with Crippen LogP contribution in [0.5, 0.6) is 0 Å². The predicted molar refractivity (Wildman–Crippen MR) is 161 cm³/mol. The van der Waals surface area contributed by atoms with Gasteiger partial charge >= 0.3 is 85.5 Å². The second kappa shape index (κ2) is 16.4. The quantitative estimate of drug-likeness (QED) is 0.0749. The maximum Gasteiger partial charge on any atom is 4.00 e. The number of nitrogen functional groups attached to an aromatic ring is 1. The van der Waals surface area contributed by atoms with Gasteiger partial charge in [-0.15, -0.1) is 0 Å². The number of aryl methyl sites for hydroxylation is 1. The molecule has 1 aromatic carbocycles. The van der Waals surface area contributed by atoms with Crippen LogP contribution in [-0.4, -0.2) is 44.8 Å². The van der Waals surface area contributed by atoms with Crippen LogP contribution in [0, 0.1) is 0 Å². The maximum absolute atomic E-state index is 11.3. The maximum atomic E-state index is 11.3. The number of aliphatic hydroxyl groups excluding tert-OH is 1. The molecule has 2 aliphatic carbocycles. The zero-order valence-corrected chi connectivity index (χ0v) is 28.7. The Morgan fingerprint density at radius 1 is 0.812 bits per heavy atom. The molecule has 2 aromatic heterocycles. The number of halogens is 12. The number of allylic oxidation sites excluding steroid dienone is 4. The van der Waals surface area contributed by atoms with Gasteiger partial charge in [0.1, 0.15) is 0 Å². The molecule has 5 rings (SSSR count). The first kappa shape index (κ1) is 47.5. The van der Waals surface area contributed by atoms with Crippen LogP contribution in [0.2, 0.25) is 0 Å².